The van der Waals surface area contributed by atoms with Crippen molar-refractivity contribution >= 4 is 23.3 Å². The van der Waals surface area contributed by atoms with Gasteiger partial charge in [0.25, 0.3) is 0 Å². The third kappa shape index (κ3) is 2.80. The zero-order chi connectivity index (χ0) is 13.0. The van der Waals surface area contributed by atoms with Crippen LogP contribution < -0.4 is 10.2 Å². The third-order valence-electron chi connectivity index (χ3n) is 2.89. The Morgan fingerprint density at radius 2 is 2.22 bits per heavy atom. The zero-order valence-corrected chi connectivity index (χ0v) is 10.3. The number of carbonyl (C=O) groups is 2. The molecule has 0 unspecified atom stereocenters. The van der Waals surface area contributed by atoms with Crippen molar-refractivity contribution in [2.75, 3.05) is 30.4 Å². The maximum Gasteiger partial charge on any atom is 0.305 e. The fourth-order valence-corrected chi connectivity index (χ4v) is 2.02. The molecular weight excluding hydrogens is 232 g/mol. The number of fused-ring (bicyclic) bond motifs is 1. The number of anilines is 2. The molecule has 0 saturated heterocycles. The molecule has 1 N–H and O–H groups in total. The van der Waals surface area contributed by atoms with Gasteiger partial charge in [0.15, 0.2) is 0 Å². The maximum absolute atomic E-state index is 11.5. The number of para-hydroxylation sites is 2. The first-order valence-corrected chi connectivity index (χ1v) is 5.91. The molecule has 0 bridgehead atoms. The van der Waals surface area contributed by atoms with Crippen molar-refractivity contribution in [2.45, 2.75) is 12.8 Å². The van der Waals surface area contributed by atoms with Crippen LogP contribution in [0.1, 0.15) is 12.8 Å². The molecule has 1 aliphatic heterocycles. The molecule has 0 fully saturated rings. The van der Waals surface area contributed by atoms with Crippen LogP contribution in [0.25, 0.3) is 0 Å². The second-order valence-corrected chi connectivity index (χ2v) is 4.17. The molecule has 1 aromatic rings. The Labute approximate surface area is 106 Å². The van der Waals surface area contributed by atoms with E-state index >= 15 is 0 Å². The Hall–Kier alpha value is -2.04. The summed E-state index contributed by atoms with van der Waals surface area (Å²) in [5.74, 6) is -0.239. The Kier molecular flexibility index (Phi) is 3.82. The lowest BCUT2D eigenvalue weighted by Gasteiger charge is -2.30. The molecule has 1 aliphatic rings. The van der Waals surface area contributed by atoms with Gasteiger partial charge in [0.05, 0.1) is 25.0 Å². The Bertz CT molecular complexity index is 459. The SMILES string of the molecule is COC(=O)CCCN1CC(=O)Nc2ccccc21. The number of methoxy groups -OCH3 is 1. The number of esters is 1. The second-order valence-electron chi connectivity index (χ2n) is 4.17. The summed E-state index contributed by atoms with van der Waals surface area (Å²) in [4.78, 5) is 24.6. The number of nitrogens with one attached hydrogen (secondary N) is 1. The summed E-state index contributed by atoms with van der Waals surface area (Å²) >= 11 is 0. The van der Waals surface area contributed by atoms with Gasteiger partial charge < -0.3 is 15.0 Å². The number of ether oxygens (including phenoxy) is 1. The van der Waals surface area contributed by atoms with Crippen LogP contribution >= 0.6 is 0 Å². The molecule has 2 rings (SSSR count). The van der Waals surface area contributed by atoms with Crippen LogP contribution in [0.3, 0.4) is 0 Å². The smallest absolute Gasteiger partial charge is 0.305 e. The largest absolute Gasteiger partial charge is 0.469 e. The summed E-state index contributed by atoms with van der Waals surface area (Å²) in [5, 5.41) is 2.83. The molecule has 5 heteroatoms. The van der Waals surface area contributed by atoms with Gasteiger partial charge in [-0.3, -0.25) is 9.59 Å². The normalized spacial score (nSPS) is 13.8. The van der Waals surface area contributed by atoms with E-state index in [1.807, 2.05) is 29.2 Å². The van der Waals surface area contributed by atoms with Crippen LogP contribution in [0.2, 0.25) is 0 Å². The highest BCUT2D eigenvalue weighted by Gasteiger charge is 2.20. The second kappa shape index (κ2) is 5.53. The summed E-state index contributed by atoms with van der Waals surface area (Å²) in [7, 11) is 1.38. The summed E-state index contributed by atoms with van der Waals surface area (Å²) in [6.45, 7) is 0.998. The van der Waals surface area contributed by atoms with E-state index in [0.717, 1.165) is 11.4 Å². The first kappa shape index (κ1) is 12.4. The topological polar surface area (TPSA) is 58.6 Å². The molecule has 0 aliphatic carbocycles. The molecule has 0 aromatic heterocycles. The minimum absolute atomic E-state index is 0.0215. The average molecular weight is 248 g/mol. The minimum atomic E-state index is -0.218. The van der Waals surface area contributed by atoms with E-state index in [2.05, 4.69) is 10.1 Å². The first-order valence-electron chi connectivity index (χ1n) is 5.91. The number of hydrogen-bond acceptors (Lipinski definition) is 4. The summed E-state index contributed by atoms with van der Waals surface area (Å²) in [5.41, 5.74) is 1.83. The van der Waals surface area contributed by atoms with E-state index in [-0.39, 0.29) is 11.9 Å². The van der Waals surface area contributed by atoms with Gasteiger partial charge in [-0.25, -0.2) is 0 Å². The minimum Gasteiger partial charge on any atom is -0.469 e. The number of hydrogen-bond donors (Lipinski definition) is 1. The highest BCUT2D eigenvalue weighted by molar-refractivity contribution is 6.01. The van der Waals surface area contributed by atoms with Gasteiger partial charge in [0.2, 0.25) is 5.91 Å². The van der Waals surface area contributed by atoms with Crippen LogP contribution in [0.4, 0.5) is 11.4 Å². The average Bonchev–Trinajstić information content (AvgIpc) is 2.38. The molecule has 0 radical (unpaired) electrons. The predicted molar refractivity (Wildman–Crippen MR) is 68.5 cm³/mol. The lowest BCUT2D eigenvalue weighted by Crippen LogP contribution is -2.38. The van der Waals surface area contributed by atoms with E-state index < -0.39 is 0 Å². The lowest BCUT2D eigenvalue weighted by molar-refractivity contribution is -0.140. The maximum atomic E-state index is 11.5. The number of amides is 1. The van der Waals surface area contributed by atoms with E-state index in [0.29, 0.717) is 25.9 Å². The van der Waals surface area contributed by atoms with Crippen LogP contribution in [0.15, 0.2) is 24.3 Å². The van der Waals surface area contributed by atoms with Gasteiger partial charge in [-0.15, -0.1) is 0 Å². The van der Waals surface area contributed by atoms with E-state index in [4.69, 9.17) is 0 Å². The van der Waals surface area contributed by atoms with Crippen molar-refractivity contribution in [3.8, 4) is 0 Å². The van der Waals surface area contributed by atoms with Gasteiger partial charge >= 0.3 is 5.97 Å². The number of carbonyl (C=O) groups excluding carboxylic acids is 2. The molecular formula is C13H16N2O3. The molecule has 0 spiro atoms. The van der Waals surface area contributed by atoms with Crippen LogP contribution in [0.5, 0.6) is 0 Å². The standard InChI is InChI=1S/C13H16N2O3/c1-18-13(17)7-4-8-15-9-12(16)14-10-5-2-3-6-11(10)15/h2-3,5-6H,4,7-9H2,1H3,(H,14,16). The fourth-order valence-electron chi connectivity index (χ4n) is 2.02. The molecule has 1 heterocycles. The van der Waals surface area contributed by atoms with Gasteiger partial charge in [-0.2, -0.15) is 0 Å². The predicted octanol–water partition coefficient (Wildman–Crippen LogP) is 1.40. The molecule has 0 saturated carbocycles. The van der Waals surface area contributed by atoms with E-state index in [1.54, 1.807) is 0 Å². The quantitative estimate of drug-likeness (QED) is 0.818. The lowest BCUT2D eigenvalue weighted by atomic mass is 10.1. The van der Waals surface area contributed by atoms with Gasteiger partial charge in [0, 0.05) is 13.0 Å². The van der Waals surface area contributed by atoms with E-state index in [9.17, 15) is 9.59 Å². The van der Waals surface area contributed by atoms with Gasteiger partial charge in [-0.05, 0) is 18.6 Å². The highest BCUT2D eigenvalue weighted by atomic mass is 16.5. The summed E-state index contributed by atoms with van der Waals surface area (Å²) in [6, 6.07) is 7.66. The highest BCUT2D eigenvalue weighted by Crippen LogP contribution is 2.28. The Morgan fingerprint density at radius 1 is 1.44 bits per heavy atom. The van der Waals surface area contributed by atoms with Crippen LogP contribution in [-0.4, -0.2) is 32.1 Å². The number of nitrogens with zero attached hydrogens (tertiary/aromatic N) is 1. The number of rotatable bonds is 4. The van der Waals surface area contributed by atoms with Gasteiger partial charge in [-0.1, -0.05) is 12.1 Å². The summed E-state index contributed by atoms with van der Waals surface area (Å²) < 4.78 is 4.59. The van der Waals surface area contributed by atoms with Crippen LogP contribution in [0, 0.1) is 0 Å². The van der Waals surface area contributed by atoms with Crippen LogP contribution in [-0.2, 0) is 14.3 Å². The molecule has 5 nitrogen and oxygen atoms in total. The monoisotopic (exact) mass is 248 g/mol. The van der Waals surface area contributed by atoms with Crippen molar-refractivity contribution in [1.82, 2.24) is 0 Å². The molecule has 1 aromatic carbocycles. The van der Waals surface area contributed by atoms with Crippen molar-refractivity contribution < 1.29 is 14.3 Å². The van der Waals surface area contributed by atoms with Crippen molar-refractivity contribution in [3.05, 3.63) is 24.3 Å². The first-order chi connectivity index (χ1) is 8.70. The fraction of sp³-hybridized carbons (Fsp3) is 0.385. The van der Waals surface area contributed by atoms with Crippen molar-refractivity contribution in [3.63, 3.8) is 0 Å². The molecule has 18 heavy (non-hydrogen) atoms. The van der Waals surface area contributed by atoms with E-state index in [1.165, 1.54) is 7.11 Å². The van der Waals surface area contributed by atoms with Gasteiger partial charge in [0.1, 0.15) is 0 Å². The molecule has 96 valence electrons. The molecule has 0 atom stereocenters. The summed E-state index contributed by atoms with van der Waals surface area (Å²) in [6.07, 6.45) is 1.05. The molecule has 1 amide bonds. The zero-order valence-electron chi connectivity index (χ0n) is 10.3. The van der Waals surface area contributed by atoms with Crippen molar-refractivity contribution in [1.29, 1.82) is 0 Å². The number of benzene rings is 1. The third-order valence-corrected chi connectivity index (χ3v) is 2.89. The van der Waals surface area contributed by atoms with Crippen molar-refractivity contribution in [2.24, 2.45) is 0 Å². The Balaban J connectivity index is 2.00. The Morgan fingerprint density at radius 3 is 3.00 bits per heavy atom.